The molecule has 0 atom stereocenters. The molecule has 0 N–H and O–H groups in total. The van der Waals surface area contributed by atoms with E-state index in [1.165, 1.54) is 64.2 Å². The van der Waals surface area contributed by atoms with Crippen molar-refractivity contribution in [1.29, 1.82) is 0 Å². The Hall–Kier alpha value is -0.790. The van der Waals surface area contributed by atoms with E-state index in [9.17, 15) is 4.79 Å². The van der Waals surface area contributed by atoms with Gasteiger partial charge < -0.3 is 4.74 Å². The summed E-state index contributed by atoms with van der Waals surface area (Å²) in [7, 11) is 0. The Morgan fingerprint density at radius 3 is 1.75 bits per heavy atom. The Labute approximate surface area is 124 Å². The molecule has 2 saturated carbocycles. The van der Waals surface area contributed by atoms with Gasteiger partial charge in [-0.2, -0.15) is 0 Å². The van der Waals surface area contributed by atoms with Crippen LogP contribution in [0.3, 0.4) is 0 Å². The van der Waals surface area contributed by atoms with Gasteiger partial charge in [-0.05, 0) is 44.4 Å². The molecule has 0 aromatic rings. The fraction of sp³-hybridized carbons (Fsp3) is 0.778. The average molecular weight is 276 g/mol. The Morgan fingerprint density at radius 2 is 1.40 bits per heavy atom. The van der Waals surface area contributed by atoms with Crippen LogP contribution in [0.5, 0.6) is 0 Å². The first kappa shape index (κ1) is 15.6. The quantitative estimate of drug-likeness (QED) is 0.549. The molecular weight excluding hydrogens is 248 g/mol. The molecule has 2 rings (SSSR count). The summed E-state index contributed by atoms with van der Waals surface area (Å²) in [5.41, 5.74) is -0.317. The van der Waals surface area contributed by atoms with E-state index in [0.717, 1.165) is 0 Å². The summed E-state index contributed by atoms with van der Waals surface area (Å²) in [5, 5.41) is 0. The molecule has 0 spiro atoms. The van der Waals surface area contributed by atoms with Gasteiger partial charge in [-0.25, -0.2) is 4.79 Å². The average Bonchev–Trinajstić information content (AvgIpc) is 2.48. The second kappa shape index (κ2) is 6.78. The monoisotopic (exact) mass is 276 g/mol. The lowest BCUT2D eigenvalue weighted by Crippen LogP contribution is -2.48. The molecule has 112 valence electrons. The number of hydrogen-bond donors (Lipinski definition) is 0. The van der Waals surface area contributed by atoms with Crippen LogP contribution in [0.2, 0.25) is 0 Å². The first-order valence-corrected chi connectivity index (χ1v) is 8.21. The Kier molecular flexibility index (Phi) is 5.29. The molecule has 2 radical (unpaired) electrons. The van der Waals surface area contributed by atoms with Crippen molar-refractivity contribution in [2.45, 2.75) is 76.7 Å². The third-order valence-electron chi connectivity index (χ3n) is 5.41. The van der Waals surface area contributed by atoms with Gasteiger partial charge in [0, 0.05) is 12.5 Å². The van der Waals surface area contributed by atoms with Gasteiger partial charge in [0.15, 0.2) is 0 Å². The smallest absolute Gasteiger partial charge is 0.334 e. The topological polar surface area (TPSA) is 26.3 Å². The van der Waals surface area contributed by atoms with E-state index in [1.807, 2.05) is 0 Å². The van der Waals surface area contributed by atoms with E-state index in [0.29, 0.717) is 11.8 Å². The molecule has 0 amide bonds. The molecule has 0 unspecified atom stereocenters. The van der Waals surface area contributed by atoms with E-state index < -0.39 is 5.97 Å². The van der Waals surface area contributed by atoms with Gasteiger partial charge in [-0.15, -0.1) is 0 Å². The highest BCUT2D eigenvalue weighted by atomic mass is 16.6. The van der Waals surface area contributed by atoms with Crippen molar-refractivity contribution in [2.75, 3.05) is 0 Å². The third kappa shape index (κ3) is 3.45. The number of rotatable bonds is 4. The lowest BCUT2D eigenvalue weighted by Gasteiger charge is -2.46. The van der Waals surface area contributed by atoms with Crippen molar-refractivity contribution in [3.63, 3.8) is 0 Å². The number of esters is 1. The van der Waals surface area contributed by atoms with Crippen molar-refractivity contribution in [3.8, 4) is 0 Å². The molecular formula is C18H28O2. The highest BCUT2D eigenvalue weighted by molar-refractivity contribution is 5.89. The van der Waals surface area contributed by atoms with Gasteiger partial charge >= 0.3 is 5.97 Å². The van der Waals surface area contributed by atoms with Gasteiger partial charge in [0.1, 0.15) is 5.60 Å². The molecule has 0 aromatic carbocycles. The molecule has 2 fully saturated rings. The molecule has 2 heteroatoms. The first-order chi connectivity index (χ1) is 9.54. The Balaban J connectivity index is 2.16. The van der Waals surface area contributed by atoms with E-state index in [-0.39, 0.29) is 11.2 Å². The van der Waals surface area contributed by atoms with E-state index >= 15 is 0 Å². The van der Waals surface area contributed by atoms with Gasteiger partial charge in [-0.3, -0.25) is 0 Å². The maximum Gasteiger partial charge on any atom is 0.334 e. The molecule has 0 aliphatic heterocycles. The molecule has 2 aliphatic carbocycles. The van der Waals surface area contributed by atoms with Crippen molar-refractivity contribution < 1.29 is 9.53 Å². The lowest BCUT2D eigenvalue weighted by atomic mass is 9.67. The van der Waals surface area contributed by atoms with Crippen molar-refractivity contribution in [3.05, 3.63) is 19.1 Å². The van der Waals surface area contributed by atoms with Crippen LogP contribution in [0.4, 0.5) is 0 Å². The summed E-state index contributed by atoms with van der Waals surface area (Å²) >= 11 is 0. The van der Waals surface area contributed by atoms with Crippen molar-refractivity contribution in [2.24, 2.45) is 11.8 Å². The summed E-state index contributed by atoms with van der Waals surface area (Å²) in [5.74, 6) is 0.564. The minimum absolute atomic E-state index is 0.0304. The summed E-state index contributed by atoms with van der Waals surface area (Å²) in [6, 6.07) is 0. The fourth-order valence-corrected chi connectivity index (χ4v) is 4.12. The number of ether oxygens (including phenoxy) is 1. The van der Waals surface area contributed by atoms with Crippen LogP contribution >= 0.6 is 0 Å². The molecule has 0 saturated heterocycles. The summed E-state index contributed by atoms with van der Waals surface area (Å²) < 4.78 is 5.91. The van der Waals surface area contributed by atoms with E-state index in [1.54, 1.807) is 0 Å². The van der Waals surface area contributed by atoms with Crippen LogP contribution in [0.1, 0.15) is 71.1 Å². The second-order valence-electron chi connectivity index (χ2n) is 6.77. The predicted octanol–water partition coefficient (Wildman–Crippen LogP) is 4.72. The normalized spacial score (nSPS) is 22.5. The van der Waals surface area contributed by atoms with Crippen molar-refractivity contribution in [1.82, 2.24) is 0 Å². The van der Waals surface area contributed by atoms with Gasteiger partial charge in [0.2, 0.25) is 0 Å². The Bertz CT molecular complexity index is 328. The SMILES string of the molecule is [CH]C(=C)C(=O)OC(C)(C1CCCCC1)C1CCCCC1. The molecule has 0 aromatic heterocycles. The molecule has 2 aliphatic rings. The largest absolute Gasteiger partial charge is 0.455 e. The van der Waals surface area contributed by atoms with Crippen LogP contribution in [0.25, 0.3) is 0 Å². The lowest BCUT2D eigenvalue weighted by molar-refractivity contribution is -0.171. The van der Waals surface area contributed by atoms with Crippen LogP contribution in [0, 0.1) is 18.8 Å². The number of carbonyl (C=O) groups excluding carboxylic acids is 1. The highest BCUT2D eigenvalue weighted by Gasteiger charge is 2.45. The Morgan fingerprint density at radius 1 is 1.00 bits per heavy atom. The number of carbonyl (C=O) groups is 1. The zero-order valence-electron chi connectivity index (χ0n) is 12.8. The predicted molar refractivity (Wildman–Crippen MR) is 81.1 cm³/mol. The zero-order chi connectivity index (χ0) is 14.6. The minimum Gasteiger partial charge on any atom is -0.455 e. The summed E-state index contributed by atoms with van der Waals surface area (Å²) in [6.07, 6.45) is 12.4. The van der Waals surface area contributed by atoms with Crippen LogP contribution in [-0.2, 0) is 9.53 Å². The highest BCUT2D eigenvalue weighted by Crippen LogP contribution is 2.45. The van der Waals surface area contributed by atoms with Crippen LogP contribution in [0.15, 0.2) is 12.2 Å². The molecule has 20 heavy (non-hydrogen) atoms. The molecule has 0 bridgehead atoms. The maximum atomic E-state index is 12.0. The standard InChI is InChI=1S/C18H28O2/c1-14(2)17(19)20-18(3,15-10-6-4-7-11-15)16-12-8-5-9-13-16/h1,15-16H,2,4-13H2,3H3. The summed E-state index contributed by atoms with van der Waals surface area (Å²) in [4.78, 5) is 12.0. The van der Waals surface area contributed by atoms with Crippen LogP contribution in [-0.4, -0.2) is 11.6 Å². The van der Waals surface area contributed by atoms with Gasteiger partial charge in [-0.1, -0.05) is 45.1 Å². The minimum atomic E-state index is -0.413. The number of hydrogen-bond acceptors (Lipinski definition) is 2. The van der Waals surface area contributed by atoms with E-state index in [2.05, 4.69) is 13.5 Å². The van der Waals surface area contributed by atoms with Gasteiger partial charge in [0.25, 0.3) is 0 Å². The molecule has 2 nitrogen and oxygen atoms in total. The fourth-order valence-electron chi connectivity index (χ4n) is 4.12. The molecule has 0 heterocycles. The third-order valence-corrected chi connectivity index (χ3v) is 5.41. The maximum absolute atomic E-state index is 12.0. The van der Waals surface area contributed by atoms with Crippen LogP contribution < -0.4 is 0 Å². The zero-order valence-corrected chi connectivity index (χ0v) is 12.8. The van der Waals surface area contributed by atoms with Gasteiger partial charge in [0.05, 0.1) is 0 Å². The second-order valence-corrected chi connectivity index (χ2v) is 6.77. The first-order valence-electron chi connectivity index (χ1n) is 8.21. The van der Waals surface area contributed by atoms with Crippen molar-refractivity contribution >= 4 is 5.97 Å². The summed E-state index contributed by atoms with van der Waals surface area (Å²) in [6.45, 7) is 11.2. The van der Waals surface area contributed by atoms with E-state index in [4.69, 9.17) is 11.7 Å².